The van der Waals surface area contributed by atoms with Crippen molar-refractivity contribution >= 4 is 17.8 Å². The van der Waals surface area contributed by atoms with Gasteiger partial charge >= 0.3 is 6.09 Å². The van der Waals surface area contributed by atoms with Crippen molar-refractivity contribution < 1.29 is 19.1 Å². The monoisotopic (exact) mass is 388 g/mol. The molecule has 2 amide bonds. The van der Waals surface area contributed by atoms with Gasteiger partial charge < -0.3 is 14.4 Å². The normalized spacial score (nSPS) is 24.5. The fourth-order valence-corrected chi connectivity index (χ4v) is 4.60. The number of carbonyl (C=O) groups excluding carboxylic acids is 2. The predicted octanol–water partition coefficient (Wildman–Crippen LogP) is 2.49. The Morgan fingerprint density at radius 1 is 1.25 bits per heavy atom. The molecule has 3 aliphatic rings. The summed E-state index contributed by atoms with van der Waals surface area (Å²) in [5, 5.41) is 0. The average molecular weight is 388 g/mol. The number of likely N-dealkylation sites (tertiary alicyclic amines) is 1. The molecule has 2 saturated heterocycles. The van der Waals surface area contributed by atoms with Crippen LogP contribution in [0.5, 0.6) is 0 Å². The van der Waals surface area contributed by atoms with E-state index in [2.05, 4.69) is 9.97 Å². The van der Waals surface area contributed by atoms with Crippen molar-refractivity contribution in [1.29, 1.82) is 0 Å². The number of methoxy groups -OCH3 is 1. The maximum Gasteiger partial charge on any atom is 0.416 e. The predicted molar refractivity (Wildman–Crippen MR) is 102 cm³/mol. The highest BCUT2D eigenvalue weighted by molar-refractivity contribution is 5.89. The summed E-state index contributed by atoms with van der Waals surface area (Å²) in [6, 6.07) is 0. The topological polar surface area (TPSA) is 84.9 Å². The Bertz CT molecular complexity index is 717. The van der Waals surface area contributed by atoms with Crippen LogP contribution in [0.15, 0.2) is 12.4 Å². The molecule has 1 saturated carbocycles. The van der Waals surface area contributed by atoms with Gasteiger partial charge in [0.2, 0.25) is 5.91 Å². The van der Waals surface area contributed by atoms with Gasteiger partial charge in [0.05, 0.1) is 24.6 Å². The number of nitrogens with zero attached hydrogens (tertiary/aromatic N) is 4. The first-order valence-corrected chi connectivity index (χ1v) is 10.2. The molecule has 3 fully saturated rings. The van der Waals surface area contributed by atoms with Crippen LogP contribution in [0.1, 0.15) is 56.6 Å². The summed E-state index contributed by atoms with van der Waals surface area (Å²) in [6.07, 6.45) is 10.2. The molecule has 2 aliphatic heterocycles. The lowest BCUT2D eigenvalue weighted by Crippen LogP contribution is -2.41. The highest BCUT2D eigenvalue weighted by atomic mass is 16.6. The number of hydrogen-bond acceptors (Lipinski definition) is 6. The highest BCUT2D eigenvalue weighted by Crippen LogP contribution is 2.38. The minimum Gasteiger partial charge on any atom is -0.441 e. The largest absolute Gasteiger partial charge is 0.441 e. The molecule has 152 valence electrons. The Balaban J connectivity index is 1.42. The molecule has 1 aromatic heterocycles. The highest BCUT2D eigenvalue weighted by Gasteiger charge is 2.46. The smallest absolute Gasteiger partial charge is 0.416 e. The summed E-state index contributed by atoms with van der Waals surface area (Å²) in [6.45, 7) is 2.05. The fraction of sp³-hybridized carbons (Fsp3) is 0.700. The Labute approximate surface area is 165 Å². The van der Waals surface area contributed by atoms with Crippen LogP contribution in [0.25, 0.3) is 0 Å². The van der Waals surface area contributed by atoms with Crippen molar-refractivity contribution in [3.8, 4) is 0 Å². The van der Waals surface area contributed by atoms with E-state index in [9.17, 15) is 9.59 Å². The van der Waals surface area contributed by atoms with Crippen LogP contribution in [-0.2, 0) is 14.3 Å². The van der Waals surface area contributed by atoms with E-state index in [1.165, 1.54) is 13.5 Å². The van der Waals surface area contributed by atoms with Gasteiger partial charge in [-0.05, 0) is 38.5 Å². The van der Waals surface area contributed by atoms with Gasteiger partial charge in [-0.1, -0.05) is 6.42 Å². The van der Waals surface area contributed by atoms with Gasteiger partial charge in [0, 0.05) is 26.1 Å². The van der Waals surface area contributed by atoms with Crippen LogP contribution in [0.3, 0.4) is 0 Å². The number of aromatic nitrogens is 2. The Kier molecular flexibility index (Phi) is 5.48. The molecule has 28 heavy (non-hydrogen) atoms. The molecule has 1 aliphatic carbocycles. The maximum atomic E-state index is 12.4. The van der Waals surface area contributed by atoms with Crippen molar-refractivity contribution in [1.82, 2.24) is 14.9 Å². The van der Waals surface area contributed by atoms with E-state index in [0.717, 1.165) is 50.8 Å². The third kappa shape index (κ3) is 3.83. The second-order valence-electron chi connectivity index (χ2n) is 8.11. The van der Waals surface area contributed by atoms with Gasteiger partial charge in [0.1, 0.15) is 12.2 Å². The standard InChI is InChI=1S/C20H28N4O4/c1-27-13-18(25)23-9-5-6-15(12-23)16-10-22-17(11-21-16)24-14-20(28-19(24)26)7-3-2-4-8-20/h10-11,15H,2-9,12-14H2,1H3/t15-/m0/s1. The summed E-state index contributed by atoms with van der Waals surface area (Å²) in [5.74, 6) is 0.708. The third-order valence-electron chi connectivity index (χ3n) is 6.13. The van der Waals surface area contributed by atoms with Gasteiger partial charge in [0.15, 0.2) is 5.82 Å². The van der Waals surface area contributed by atoms with Gasteiger partial charge in [-0.3, -0.25) is 14.7 Å². The molecule has 0 unspecified atom stereocenters. The molecule has 0 bridgehead atoms. The average Bonchev–Trinajstić information content (AvgIpc) is 3.04. The Hall–Kier alpha value is -2.22. The number of rotatable bonds is 4. The summed E-state index contributed by atoms with van der Waals surface area (Å²) >= 11 is 0. The number of piperidine rings is 1. The number of amides is 2. The van der Waals surface area contributed by atoms with E-state index in [1.807, 2.05) is 4.90 Å². The molecule has 0 radical (unpaired) electrons. The second kappa shape index (κ2) is 8.03. The molecule has 0 N–H and O–H groups in total. The summed E-state index contributed by atoms with van der Waals surface area (Å²) in [5.41, 5.74) is 0.514. The zero-order valence-corrected chi connectivity index (χ0v) is 16.4. The summed E-state index contributed by atoms with van der Waals surface area (Å²) in [4.78, 5) is 37.0. The van der Waals surface area contributed by atoms with E-state index in [4.69, 9.17) is 9.47 Å². The van der Waals surface area contributed by atoms with Crippen molar-refractivity contribution in [2.75, 3.05) is 38.3 Å². The molecule has 3 heterocycles. The van der Waals surface area contributed by atoms with Crippen LogP contribution in [0.2, 0.25) is 0 Å². The second-order valence-corrected chi connectivity index (χ2v) is 8.11. The Morgan fingerprint density at radius 3 is 2.79 bits per heavy atom. The molecule has 8 nitrogen and oxygen atoms in total. The van der Waals surface area contributed by atoms with Crippen molar-refractivity contribution in [3.63, 3.8) is 0 Å². The Morgan fingerprint density at radius 2 is 2.07 bits per heavy atom. The van der Waals surface area contributed by atoms with Gasteiger partial charge in [-0.2, -0.15) is 0 Å². The number of hydrogen-bond donors (Lipinski definition) is 0. The van der Waals surface area contributed by atoms with E-state index < -0.39 is 0 Å². The van der Waals surface area contributed by atoms with Crippen LogP contribution in [-0.4, -0.2) is 65.8 Å². The summed E-state index contributed by atoms with van der Waals surface area (Å²) < 4.78 is 10.7. The molecular formula is C20H28N4O4. The first-order valence-electron chi connectivity index (χ1n) is 10.2. The number of anilines is 1. The lowest BCUT2D eigenvalue weighted by Gasteiger charge is -2.32. The zero-order chi connectivity index (χ0) is 19.6. The minimum absolute atomic E-state index is 0.00868. The lowest BCUT2D eigenvalue weighted by atomic mass is 9.85. The van der Waals surface area contributed by atoms with Crippen molar-refractivity contribution in [3.05, 3.63) is 18.1 Å². The molecule has 0 aromatic carbocycles. The fourth-order valence-electron chi connectivity index (χ4n) is 4.60. The first-order chi connectivity index (χ1) is 13.6. The first kappa shape index (κ1) is 19.1. The third-order valence-corrected chi connectivity index (χ3v) is 6.13. The molecule has 1 aromatic rings. The summed E-state index contributed by atoms with van der Waals surface area (Å²) in [7, 11) is 1.53. The molecule has 1 atom stereocenters. The van der Waals surface area contributed by atoms with Gasteiger partial charge in [0.25, 0.3) is 0 Å². The van der Waals surface area contributed by atoms with E-state index in [1.54, 1.807) is 17.3 Å². The number of ether oxygens (including phenoxy) is 2. The SMILES string of the molecule is COCC(=O)N1CCC[C@H](c2cnc(N3CC4(CCCCC4)OC3=O)cn2)C1. The van der Waals surface area contributed by atoms with Crippen molar-refractivity contribution in [2.45, 2.75) is 56.5 Å². The zero-order valence-electron chi connectivity index (χ0n) is 16.4. The lowest BCUT2D eigenvalue weighted by molar-refractivity contribution is -0.136. The van der Waals surface area contributed by atoms with Crippen LogP contribution in [0.4, 0.5) is 10.6 Å². The van der Waals surface area contributed by atoms with Crippen LogP contribution in [0, 0.1) is 0 Å². The van der Waals surface area contributed by atoms with E-state index in [-0.39, 0.29) is 30.1 Å². The van der Waals surface area contributed by atoms with E-state index in [0.29, 0.717) is 18.9 Å². The van der Waals surface area contributed by atoms with Gasteiger partial charge in [-0.25, -0.2) is 9.78 Å². The molecule has 8 heteroatoms. The van der Waals surface area contributed by atoms with Crippen LogP contribution < -0.4 is 4.90 Å². The van der Waals surface area contributed by atoms with Crippen LogP contribution >= 0.6 is 0 Å². The molecule has 1 spiro atoms. The number of carbonyl (C=O) groups is 2. The van der Waals surface area contributed by atoms with Gasteiger partial charge in [-0.15, -0.1) is 0 Å². The quantitative estimate of drug-likeness (QED) is 0.788. The van der Waals surface area contributed by atoms with Crippen molar-refractivity contribution in [2.24, 2.45) is 0 Å². The maximum absolute atomic E-state index is 12.4. The van der Waals surface area contributed by atoms with E-state index >= 15 is 0 Å². The molecule has 4 rings (SSSR count). The molecular weight excluding hydrogens is 360 g/mol. The minimum atomic E-state index is -0.346.